The Bertz CT molecular complexity index is 1200. The molecule has 2 saturated carbocycles. The van der Waals surface area contributed by atoms with Gasteiger partial charge >= 0.3 is 0 Å². The maximum absolute atomic E-state index is 13.7. The highest BCUT2D eigenvalue weighted by atomic mass is 19.1. The summed E-state index contributed by atoms with van der Waals surface area (Å²) in [7, 11) is 0. The average molecular weight is 431 g/mol. The molecule has 2 aliphatic carbocycles. The van der Waals surface area contributed by atoms with Gasteiger partial charge in [-0.1, -0.05) is 6.92 Å². The molecule has 7 nitrogen and oxygen atoms in total. The van der Waals surface area contributed by atoms with Crippen molar-refractivity contribution in [2.24, 2.45) is 23.7 Å². The molecule has 5 atom stereocenters. The molecule has 3 aromatic rings. The summed E-state index contributed by atoms with van der Waals surface area (Å²) in [5.41, 5.74) is 0.918. The van der Waals surface area contributed by atoms with Crippen LogP contribution in [-0.4, -0.2) is 27.0 Å². The van der Waals surface area contributed by atoms with Crippen molar-refractivity contribution in [3.05, 3.63) is 54.4 Å². The Hall–Kier alpha value is -3.60. The van der Waals surface area contributed by atoms with E-state index in [0.29, 0.717) is 40.2 Å². The molecule has 162 valence electrons. The number of carbonyl (C=O) groups is 1. The fraction of sp³-hybridized carbons (Fsp3) is 0.375. The van der Waals surface area contributed by atoms with Gasteiger partial charge in [0, 0.05) is 17.5 Å². The maximum Gasteiger partial charge on any atom is 0.228 e. The van der Waals surface area contributed by atoms with E-state index in [0.717, 1.165) is 19.3 Å². The minimum Gasteiger partial charge on any atom is -0.490 e. The van der Waals surface area contributed by atoms with Crippen molar-refractivity contribution >= 4 is 22.6 Å². The Morgan fingerprint density at radius 3 is 2.75 bits per heavy atom. The second-order valence-corrected chi connectivity index (χ2v) is 8.49. The van der Waals surface area contributed by atoms with Crippen LogP contribution < -0.4 is 10.1 Å². The van der Waals surface area contributed by atoms with Crippen LogP contribution >= 0.6 is 0 Å². The highest BCUT2D eigenvalue weighted by Crippen LogP contribution is 2.62. The largest absolute Gasteiger partial charge is 0.490 e. The van der Waals surface area contributed by atoms with E-state index in [1.165, 1.54) is 24.5 Å². The van der Waals surface area contributed by atoms with Crippen LogP contribution in [0.1, 0.15) is 31.9 Å². The van der Waals surface area contributed by atoms with E-state index in [9.17, 15) is 9.18 Å². The summed E-state index contributed by atoms with van der Waals surface area (Å²) in [6.45, 7) is 2.02. The second kappa shape index (κ2) is 8.15. The number of aromatic nitrogens is 3. The molecule has 32 heavy (non-hydrogen) atoms. The van der Waals surface area contributed by atoms with Crippen LogP contribution in [0.4, 0.5) is 10.2 Å². The zero-order valence-corrected chi connectivity index (χ0v) is 17.5. The van der Waals surface area contributed by atoms with Crippen molar-refractivity contribution in [3.63, 3.8) is 0 Å². The normalized spacial score (nSPS) is 24.4. The molecule has 0 saturated heterocycles. The fourth-order valence-corrected chi connectivity index (χ4v) is 5.21. The number of halogens is 1. The average Bonchev–Trinajstić information content (AvgIpc) is 3.27. The number of rotatable bonds is 6. The van der Waals surface area contributed by atoms with Crippen LogP contribution in [0.5, 0.6) is 5.75 Å². The number of hydrogen-bond acceptors (Lipinski definition) is 6. The van der Waals surface area contributed by atoms with Gasteiger partial charge in [-0.15, -0.1) is 0 Å². The lowest BCUT2D eigenvalue weighted by molar-refractivity contribution is -0.121. The number of nitrogens with one attached hydrogen (secondary N) is 1. The monoisotopic (exact) mass is 431 g/mol. The first-order chi connectivity index (χ1) is 15.6. The smallest absolute Gasteiger partial charge is 0.228 e. The van der Waals surface area contributed by atoms with Crippen molar-refractivity contribution in [1.82, 2.24) is 15.0 Å². The Kier molecular flexibility index (Phi) is 5.17. The van der Waals surface area contributed by atoms with Crippen LogP contribution in [0.15, 0.2) is 42.9 Å². The summed E-state index contributed by atoms with van der Waals surface area (Å²) in [5.74, 6) is 1.78. The summed E-state index contributed by atoms with van der Waals surface area (Å²) >= 11 is 0. The van der Waals surface area contributed by atoms with Crippen LogP contribution in [0.3, 0.4) is 0 Å². The SMILES string of the molecule is CCC(C(=O)Nc1cnc(C#N)cn1)[C@H]1[C@@H]2C[C@H](Oc3ccnc4ccc(F)cc34)C[C@@H]21. The first kappa shape index (κ1) is 20.3. The summed E-state index contributed by atoms with van der Waals surface area (Å²) < 4.78 is 19.9. The molecular formula is C24H22FN5O2. The van der Waals surface area contributed by atoms with E-state index in [-0.39, 0.29) is 29.4 Å². The third kappa shape index (κ3) is 3.75. The Balaban J connectivity index is 1.21. The Labute approximate surface area is 184 Å². The molecule has 0 bridgehead atoms. The molecule has 8 heteroatoms. The lowest BCUT2D eigenvalue weighted by Crippen LogP contribution is -2.27. The zero-order chi connectivity index (χ0) is 22.2. The van der Waals surface area contributed by atoms with Gasteiger partial charge in [0.05, 0.1) is 24.0 Å². The zero-order valence-electron chi connectivity index (χ0n) is 17.5. The third-order valence-corrected chi connectivity index (χ3v) is 6.68. The van der Waals surface area contributed by atoms with E-state index in [1.807, 2.05) is 13.0 Å². The maximum atomic E-state index is 13.7. The molecule has 0 spiro atoms. The molecular weight excluding hydrogens is 409 g/mol. The lowest BCUT2D eigenvalue weighted by Gasteiger charge is -2.21. The second-order valence-electron chi connectivity index (χ2n) is 8.49. The molecule has 1 N–H and O–H groups in total. The van der Waals surface area contributed by atoms with Crippen LogP contribution in [0, 0.1) is 40.8 Å². The van der Waals surface area contributed by atoms with E-state index in [1.54, 1.807) is 18.3 Å². The highest BCUT2D eigenvalue weighted by molar-refractivity contribution is 5.92. The molecule has 0 aliphatic heterocycles. The van der Waals surface area contributed by atoms with Crippen molar-refractivity contribution in [2.75, 3.05) is 5.32 Å². The number of anilines is 1. The predicted molar refractivity (Wildman–Crippen MR) is 115 cm³/mol. The third-order valence-electron chi connectivity index (χ3n) is 6.68. The lowest BCUT2D eigenvalue weighted by atomic mass is 9.93. The van der Waals surface area contributed by atoms with E-state index in [4.69, 9.17) is 10.00 Å². The molecule has 1 aromatic carbocycles. The van der Waals surface area contributed by atoms with Crippen molar-refractivity contribution in [2.45, 2.75) is 32.3 Å². The molecule has 2 fully saturated rings. The van der Waals surface area contributed by atoms with E-state index < -0.39 is 0 Å². The van der Waals surface area contributed by atoms with Gasteiger partial charge in [-0.3, -0.25) is 9.78 Å². The van der Waals surface area contributed by atoms with Gasteiger partial charge in [-0.05, 0) is 61.3 Å². The van der Waals surface area contributed by atoms with Crippen LogP contribution in [-0.2, 0) is 4.79 Å². The summed E-state index contributed by atoms with van der Waals surface area (Å²) in [6.07, 6.45) is 7.00. The minimum absolute atomic E-state index is 0.0556. The van der Waals surface area contributed by atoms with Gasteiger partial charge in [0.15, 0.2) is 11.5 Å². The number of hydrogen-bond donors (Lipinski definition) is 1. The standard InChI is InChI=1S/C24H22FN5O2/c1-2-16(24(31)30-22-12-28-14(10-26)11-29-22)23-17-8-15(9-18(17)23)32-21-5-6-27-20-4-3-13(25)7-19(20)21/h3-7,11-12,15-18,23H,2,8-9H2,1H3,(H,29,30,31)/t15-,16?,17+,18-,23-. The number of benzene rings is 1. The number of ether oxygens (including phenoxy) is 1. The van der Waals surface area contributed by atoms with Crippen LogP contribution in [0.25, 0.3) is 10.9 Å². The van der Waals surface area contributed by atoms with Crippen molar-refractivity contribution in [1.29, 1.82) is 5.26 Å². The van der Waals surface area contributed by atoms with Gasteiger partial charge in [0.25, 0.3) is 0 Å². The number of pyridine rings is 1. The summed E-state index contributed by atoms with van der Waals surface area (Å²) in [5, 5.41) is 12.3. The Morgan fingerprint density at radius 1 is 1.25 bits per heavy atom. The van der Waals surface area contributed by atoms with E-state index in [2.05, 4.69) is 20.3 Å². The molecule has 2 aromatic heterocycles. The fourth-order valence-electron chi connectivity index (χ4n) is 5.21. The van der Waals surface area contributed by atoms with Crippen molar-refractivity contribution < 1.29 is 13.9 Å². The van der Waals surface area contributed by atoms with Gasteiger partial charge < -0.3 is 10.1 Å². The molecule has 2 heterocycles. The first-order valence-electron chi connectivity index (χ1n) is 10.8. The Morgan fingerprint density at radius 2 is 2.06 bits per heavy atom. The van der Waals surface area contributed by atoms with Gasteiger partial charge in [0.1, 0.15) is 17.6 Å². The number of amides is 1. The first-order valence-corrected chi connectivity index (χ1v) is 10.8. The number of carbonyl (C=O) groups excluding carboxylic acids is 1. The van der Waals surface area contributed by atoms with Crippen molar-refractivity contribution in [3.8, 4) is 11.8 Å². The van der Waals surface area contributed by atoms with Gasteiger partial charge in [-0.2, -0.15) is 5.26 Å². The molecule has 5 rings (SSSR count). The van der Waals surface area contributed by atoms with Gasteiger partial charge in [0.2, 0.25) is 5.91 Å². The number of nitriles is 1. The predicted octanol–water partition coefficient (Wildman–Crippen LogP) is 4.10. The molecule has 0 radical (unpaired) electrons. The van der Waals surface area contributed by atoms with E-state index >= 15 is 0 Å². The summed E-state index contributed by atoms with van der Waals surface area (Å²) in [4.78, 5) is 25.1. The number of nitrogens with zero attached hydrogens (tertiary/aromatic N) is 4. The quantitative estimate of drug-likeness (QED) is 0.631. The number of fused-ring (bicyclic) bond motifs is 2. The van der Waals surface area contributed by atoms with Crippen LogP contribution in [0.2, 0.25) is 0 Å². The molecule has 1 amide bonds. The van der Waals surface area contributed by atoms with Gasteiger partial charge in [-0.25, -0.2) is 14.4 Å². The minimum atomic E-state index is -0.312. The topological polar surface area (TPSA) is 101 Å². The molecule has 1 unspecified atom stereocenters. The molecule has 2 aliphatic rings. The highest BCUT2D eigenvalue weighted by Gasteiger charge is 2.60. The summed E-state index contributed by atoms with van der Waals surface area (Å²) in [6, 6.07) is 8.20.